The molecule has 0 atom stereocenters. The summed E-state index contributed by atoms with van der Waals surface area (Å²) in [6.45, 7) is 3.25. The highest BCUT2D eigenvalue weighted by Gasteiger charge is 2.25. The molecule has 1 heterocycles. The second kappa shape index (κ2) is 11.1. The molecule has 0 aliphatic rings. The molecular weight excluding hydrogens is 456 g/mol. The highest BCUT2D eigenvalue weighted by Crippen LogP contribution is 2.22. The molecule has 0 fully saturated rings. The molecule has 31 heavy (non-hydrogen) atoms. The predicted molar refractivity (Wildman–Crippen MR) is 123 cm³/mol. The van der Waals surface area contributed by atoms with Gasteiger partial charge in [0.05, 0.1) is 17.1 Å². The fourth-order valence-electron chi connectivity index (χ4n) is 2.87. The van der Waals surface area contributed by atoms with Gasteiger partial charge < -0.3 is 9.47 Å². The van der Waals surface area contributed by atoms with Gasteiger partial charge in [-0.3, -0.25) is 0 Å². The van der Waals surface area contributed by atoms with Crippen LogP contribution in [0.2, 0.25) is 5.02 Å². The van der Waals surface area contributed by atoms with Crippen LogP contribution >= 0.6 is 22.9 Å². The van der Waals surface area contributed by atoms with Crippen LogP contribution in [0.5, 0.6) is 5.75 Å². The second-order valence-corrected chi connectivity index (χ2v) is 10.3. The average Bonchev–Trinajstić information content (AvgIpc) is 3.20. The molecule has 9 heteroatoms. The minimum absolute atomic E-state index is 0.192. The van der Waals surface area contributed by atoms with E-state index in [1.807, 2.05) is 12.3 Å². The van der Waals surface area contributed by atoms with Crippen LogP contribution < -0.4 is 4.74 Å². The van der Waals surface area contributed by atoms with Gasteiger partial charge in [0.2, 0.25) is 10.0 Å². The zero-order valence-electron chi connectivity index (χ0n) is 17.5. The van der Waals surface area contributed by atoms with Crippen LogP contribution in [-0.4, -0.2) is 38.0 Å². The molecule has 0 unspecified atom stereocenters. The molecule has 0 bridgehead atoms. The van der Waals surface area contributed by atoms with Crippen LogP contribution in [0, 0.1) is 6.92 Å². The van der Waals surface area contributed by atoms with Gasteiger partial charge >= 0.3 is 0 Å². The highest BCUT2D eigenvalue weighted by molar-refractivity contribution is 7.89. The van der Waals surface area contributed by atoms with Gasteiger partial charge in [0, 0.05) is 30.7 Å². The van der Waals surface area contributed by atoms with E-state index in [0.717, 1.165) is 10.6 Å². The Hall–Kier alpha value is -1.97. The first kappa shape index (κ1) is 23.7. The maximum absolute atomic E-state index is 13.2. The topological polar surface area (TPSA) is 68.7 Å². The summed E-state index contributed by atoms with van der Waals surface area (Å²) in [6, 6.07) is 14.0. The number of thiazole rings is 1. The molecular formula is C22H25ClN2O4S2. The van der Waals surface area contributed by atoms with Crippen molar-refractivity contribution in [2.24, 2.45) is 0 Å². The zero-order chi connectivity index (χ0) is 22.3. The Bertz CT molecular complexity index is 1070. The lowest BCUT2D eigenvalue weighted by molar-refractivity contribution is 0.186. The van der Waals surface area contributed by atoms with E-state index in [1.54, 1.807) is 55.6 Å². The van der Waals surface area contributed by atoms with E-state index < -0.39 is 10.0 Å². The Balaban J connectivity index is 1.70. The van der Waals surface area contributed by atoms with Crippen molar-refractivity contribution >= 4 is 33.0 Å². The molecule has 1 aromatic heterocycles. The molecule has 0 saturated heterocycles. The van der Waals surface area contributed by atoms with Gasteiger partial charge in [0.1, 0.15) is 17.4 Å². The number of methoxy groups -OCH3 is 1. The molecule has 3 aromatic rings. The molecule has 166 valence electrons. The van der Waals surface area contributed by atoms with Gasteiger partial charge in [-0.1, -0.05) is 29.3 Å². The standard InChI is InChI=1S/C22H25ClN2O4S2/c1-17-4-10-21(11-5-17)31(26,27)25(12-3-13-28-2)14-19-16-30-22(24-19)15-29-20-8-6-18(23)7-9-20/h4-11,16H,3,12-15H2,1-2H3. The van der Waals surface area contributed by atoms with Crippen molar-refractivity contribution in [3.63, 3.8) is 0 Å². The van der Waals surface area contributed by atoms with Crippen LogP contribution in [-0.2, 0) is 27.9 Å². The number of rotatable bonds is 11. The molecule has 0 radical (unpaired) electrons. The second-order valence-electron chi connectivity index (χ2n) is 6.97. The summed E-state index contributed by atoms with van der Waals surface area (Å²) >= 11 is 7.33. The lowest BCUT2D eigenvalue weighted by Gasteiger charge is -2.21. The van der Waals surface area contributed by atoms with Crippen molar-refractivity contribution in [1.82, 2.24) is 9.29 Å². The van der Waals surface area contributed by atoms with Crippen molar-refractivity contribution in [1.29, 1.82) is 0 Å². The minimum atomic E-state index is -3.65. The number of nitrogens with zero attached hydrogens (tertiary/aromatic N) is 2. The first-order valence-electron chi connectivity index (χ1n) is 9.76. The van der Waals surface area contributed by atoms with E-state index in [1.165, 1.54) is 15.6 Å². The van der Waals surface area contributed by atoms with Gasteiger partial charge in [-0.25, -0.2) is 13.4 Å². The third-order valence-corrected chi connectivity index (χ3v) is 7.51. The number of hydrogen-bond acceptors (Lipinski definition) is 6. The summed E-state index contributed by atoms with van der Waals surface area (Å²) in [5.74, 6) is 0.698. The number of ether oxygens (including phenoxy) is 2. The molecule has 6 nitrogen and oxygen atoms in total. The summed E-state index contributed by atoms with van der Waals surface area (Å²) in [5, 5.41) is 3.29. The Labute approximate surface area is 192 Å². The molecule has 0 aliphatic heterocycles. The van der Waals surface area contributed by atoms with Crippen molar-refractivity contribution in [3.8, 4) is 5.75 Å². The van der Waals surface area contributed by atoms with E-state index in [4.69, 9.17) is 21.1 Å². The normalized spacial score (nSPS) is 11.7. The summed E-state index contributed by atoms with van der Waals surface area (Å²) in [7, 11) is -2.04. The first-order chi connectivity index (χ1) is 14.9. The maximum Gasteiger partial charge on any atom is 0.243 e. The fourth-order valence-corrected chi connectivity index (χ4v) is 5.15. The summed E-state index contributed by atoms with van der Waals surface area (Å²) < 4.78 is 38.7. The third kappa shape index (κ3) is 6.75. The van der Waals surface area contributed by atoms with E-state index in [2.05, 4.69) is 4.98 Å². The van der Waals surface area contributed by atoms with E-state index >= 15 is 0 Å². The first-order valence-corrected chi connectivity index (χ1v) is 12.5. The smallest absolute Gasteiger partial charge is 0.243 e. The number of sulfonamides is 1. The SMILES string of the molecule is COCCCN(Cc1csc(COc2ccc(Cl)cc2)n1)S(=O)(=O)c1ccc(C)cc1. The quantitative estimate of drug-likeness (QED) is 0.365. The average molecular weight is 481 g/mol. The molecule has 2 aromatic carbocycles. The van der Waals surface area contributed by atoms with Gasteiger partial charge in [0.15, 0.2) is 0 Å². The number of aryl methyl sites for hydroxylation is 1. The van der Waals surface area contributed by atoms with Crippen LogP contribution in [0.15, 0.2) is 58.8 Å². The van der Waals surface area contributed by atoms with Gasteiger partial charge in [-0.05, 0) is 49.7 Å². The van der Waals surface area contributed by atoms with Crippen molar-refractivity contribution in [3.05, 3.63) is 75.2 Å². The van der Waals surface area contributed by atoms with Crippen LogP contribution in [0.1, 0.15) is 22.7 Å². The lowest BCUT2D eigenvalue weighted by Crippen LogP contribution is -2.32. The largest absolute Gasteiger partial charge is 0.486 e. The molecule has 0 N–H and O–H groups in total. The summed E-state index contributed by atoms with van der Waals surface area (Å²) in [6.07, 6.45) is 0.595. The zero-order valence-corrected chi connectivity index (χ0v) is 19.8. The van der Waals surface area contributed by atoms with Gasteiger partial charge in [0.25, 0.3) is 0 Å². The number of aromatic nitrogens is 1. The van der Waals surface area contributed by atoms with E-state index in [-0.39, 0.29) is 11.4 Å². The van der Waals surface area contributed by atoms with Crippen LogP contribution in [0.3, 0.4) is 0 Å². The molecule has 0 amide bonds. The van der Waals surface area contributed by atoms with Crippen LogP contribution in [0.4, 0.5) is 0 Å². The van der Waals surface area contributed by atoms with Gasteiger partial charge in [-0.2, -0.15) is 4.31 Å². The molecule has 0 spiro atoms. The lowest BCUT2D eigenvalue weighted by atomic mass is 10.2. The predicted octanol–water partition coefficient (Wildman–Crippen LogP) is 4.91. The highest BCUT2D eigenvalue weighted by atomic mass is 35.5. The molecule has 0 aliphatic carbocycles. The third-order valence-electron chi connectivity index (χ3n) is 4.53. The van der Waals surface area contributed by atoms with E-state index in [9.17, 15) is 8.42 Å². The van der Waals surface area contributed by atoms with E-state index in [0.29, 0.717) is 42.6 Å². The Morgan fingerprint density at radius 3 is 2.48 bits per heavy atom. The molecule has 3 rings (SSSR count). The number of benzene rings is 2. The van der Waals surface area contributed by atoms with Crippen LogP contribution in [0.25, 0.3) is 0 Å². The monoisotopic (exact) mass is 480 g/mol. The fraction of sp³-hybridized carbons (Fsp3) is 0.318. The van der Waals surface area contributed by atoms with Crippen molar-refractivity contribution in [2.75, 3.05) is 20.3 Å². The summed E-state index contributed by atoms with van der Waals surface area (Å²) in [4.78, 5) is 4.84. The molecule has 0 saturated carbocycles. The minimum Gasteiger partial charge on any atom is -0.486 e. The van der Waals surface area contributed by atoms with Crippen molar-refractivity contribution in [2.45, 2.75) is 31.4 Å². The maximum atomic E-state index is 13.2. The number of halogens is 1. The van der Waals surface area contributed by atoms with Gasteiger partial charge in [-0.15, -0.1) is 11.3 Å². The Morgan fingerprint density at radius 2 is 1.81 bits per heavy atom. The Kier molecular flexibility index (Phi) is 8.45. The Morgan fingerprint density at radius 1 is 1.10 bits per heavy atom. The number of hydrogen-bond donors (Lipinski definition) is 0. The summed E-state index contributed by atoms with van der Waals surface area (Å²) in [5.41, 5.74) is 1.70. The van der Waals surface area contributed by atoms with Crippen molar-refractivity contribution < 1.29 is 17.9 Å².